The number of carbonyl (C=O) groups is 1. The van der Waals surface area contributed by atoms with Gasteiger partial charge in [0.25, 0.3) is 0 Å². The summed E-state index contributed by atoms with van der Waals surface area (Å²) in [5.74, 6) is -0.701. The van der Waals surface area contributed by atoms with Gasteiger partial charge in [0.05, 0.1) is 10.5 Å². The van der Waals surface area contributed by atoms with Crippen LogP contribution in [0, 0.1) is 0 Å². The van der Waals surface area contributed by atoms with Gasteiger partial charge in [0.2, 0.25) is 0 Å². The van der Waals surface area contributed by atoms with Crippen LogP contribution in [0.4, 0.5) is 0 Å². The normalized spacial score (nSPS) is 13.2. The van der Waals surface area contributed by atoms with Crippen LogP contribution in [0.5, 0.6) is 0 Å². The Labute approximate surface area is 116 Å². The van der Waals surface area contributed by atoms with Crippen LogP contribution < -0.4 is 0 Å². The van der Waals surface area contributed by atoms with Gasteiger partial charge in [-0.25, -0.2) is 8.42 Å². The van der Waals surface area contributed by atoms with Crippen molar-refractivity contribution in [2.45, 2.75) is 58.2 Å². The van der Waals surface area contributed by atoms with E-state index >= 15 is 0 Å². The fraction of sp³-hybridized carbons (Fsp3) is 0.923. The van der Waals surface area contributed by atoms with E-state index in [1.54, 1.807) is 20.8 Å². The maximum absolute atomic E-state index is 12.0. The monoisotopic (exact) mass is 293 g/mol. The molecule has 0 aliphatic heterocycles. The van der Waals surface area contributed by atoms with Gasteiger partial charge in [-0.05, 0) is 47.6 Å². The summed E-state index contributed by atoms with van der Waals surface area (Å²) in [6.45, 7) is 10.2. The molecule has 0 aromatic heterocycles. The predicted molar refractivity (Wildman–Crippen MR) is 77.1 cm³/mol. The Morgan fingerprint density at radius 1 is 1.21 bits per heavy atom. The van der Waals surface area contributed by atoms with Gasteiger partial charge in [0, 0.05) is 19.0 Å². The van der Waals surface area contributed by atoms with Crippen LogP contribution in [-0.2, 0) is 14.6 Å². The first-order valence-electron chi connectivity index (χ1n) is 6.65. The lowest BCUT2D eigenvalue weighted by molar-refractivity contribution is -0.137. The zero-order valence-corrected chi connectivity index (χ0v) is 13.5. The Balaban J connectivity index is 4.42. The van der Waals surface area contributed by atoms with Gasteiger partial charge >= 0.3 is 5.97 Å². The molecule has 0 bridgehead atoms. The molecule has 6 heteroatoms. The molecular formula is C13H27NO4S. The maximum Gasteiger partial charge on any atom is 0.303 e. The summed E-state index contributed by atoms with van der Waals surface area (Å²) in [7, 11) is -3.13. The molecule has 1 N–H and O–H groups in total. The lowest BCUT2D eigenvalue weighted by Crippen LogP contribution is -2.40. The molecule has 0 aliphatic carbocycles. The average Bonchev–Trinajstić information content (AvgIpc) is 2.20. The Hall–Kier alpha value is -0.620. The molecule has 0 spiro atoms. The third-order valence-corrected chi connectivity index (χ3v) is 5.73. The quantitative estimate of drug-likeness (QED) is 0.738. The minimum Gasteiger partial charge on any atom is -0.481 e. The van der Waals surface area contributed by atoms with Crippen LogP contribution >= 0.6 is 0 Å². The van der Waals surface area contributed by atoms with E-state index in [-0.39, 0.29) is 18.2 Å². The summed E-state index contributed by atoms with van der Waals surface area (Å²) in [6, 6.07) is 0.212. The Morgan fingerprint density at radius 3 is 2.11 bits per heavy atom. The van der Waals surface area contributed by atoms with Crippen LogP contribution in [0.1, 0.15) is 47.5 Å². The van der Waals surface area contributed by atoms with Gasteiger partial charge in [-0.1, -0.05) is 0 Å². The van der Waals surface area contributed by atoms with Crippen molar-refractivity contribution in [2.75, 3.05) is 18.8 Å². The van der Waals surface area contributed by atoms with Crippen molar-refractivity contribution in [3.05, 3.63) is 0 Å². The molecule has 0 unspecified atom stereocenters. The van der Waals surface area contributed by atoms with E-state index in [0.717, 1.165) is 0 Å². The Morgan fingerprint density at radius 2 is 1.74 bits per heavy atom. The molecule has 0 aliphatic rings. The third kappa shape index (κ3) is 6.92. The van der Waals surface area contributed by atoms with E-state index < -0.39 is 20.6 Å². The fourth-order valence-electron chi connectivity index (χ4n) is 1.61. The molecule has 0 saturated heterocycles. The predicted octanol–water partition coefficient (Wildman–Crippen LogP) is 1.77. The number of sulfone groups is 1. The van der Waals surface area contributed by atoms with E-state index in [1.807, 2.05) is 18.7 Å². The summed E-state index contributed by atoms with van der Waals surface area (Å²) in [5, 5.41) is 8.62. The van der Waals surface area contributed by atoms with Crippen molar-refractivity contribution in [1.82, 2.24) is 4.90 Å². The molecule has 5 nitrogen and oxygen atoms in total. The number of hydrogen-bond acceptors (Lipinski definition) is 4. The molecule has 0 fully saturated rings. The number of carboxylic acids is 1. The van der Waals surface area contributed by atoms with E-state index in [1.165, 1.54) is 0 Å². The maximum atomic E-state index is 12.0. The van der Waals surface area contributed by atoms with Gasteiger partial charge in [-0.2, -0.15) is 0 Å². The molecule has 0 saturated carbocycles. The van der Waals surface area contributed by atoms with Crippen molar-refractivity contribution < 1.29 is 18.3 Å². The molecule has 0 radical (unpaired) electrons. The van der Waals surface area contributed by atoms with Crippen molar-refractivity contribution in [3.8, 4) is 0 Å². The number of hydrogen-bond donors (Lipinski definition) is 1. The number of carboxylic acid groups (broad SMARTS) is 1. The highest BCUT2D eigenvalue weighted by Crippen LogP contribution is 2.16. The van der Waals surface area contributed by atoms with E-state index in [4.69, 9.17) is 5.11 Å². The number of aliphatic carboxylic acids is 1. The molecule has 0 amide bonds. The van der Waals surface area contributed by atoms with Gasteiger partial charge in [0.1, 0.15) is 0 Å². The topological polar surface area (TPSA) is 74.7 Å². The van der Waals surface area contributed by atoms with Crippen molar-refractivity contribution in [2.24, 2.45) is 0 Å². The average molecular weight is 293 g/mol. The summed E-state index contributed by atoms with van der Waals surface area (Å²) in [5.41, 5.74) is 0. The standard InChI is InChI=1S/C13H27NO4S/c1-11(2)14(8-6-7-12(15)16)9-10-19(17,18)13(3,4)5/h11H,6-10H2,1-5H3,(H,15,16). The van der Waals surface area contributed by atoms with Crippen LogP contribution in [0.15, 0.2) is 0 Å². The van der Waals surface area contributed by atoms with Crippen molar-refractivity contribution in [3.63, 3.8) is 0 Å². The highest BCUT2D eigenvalue weighted by Gasteiger charge is 2.29. The number of rotatable bonds is 8. The van der Waals surface area contributed by atoms with Crippen LogP contribution in [0.25, 0.3) is 0 Å². The molecule has 19 heavy (non-hydrogen) atoms. The second-order valence-corrected chi connectivity index (χ2v) is 8.92. The first-order chi connectivity index (χ1) is 8.47. The number of nitrogens with zero attached hydrogens (tertiary/aromatic N) is 1. The zero-order valence-electron chi connectivity index (χ0n) is 12.6. The second kappa shape index (κ2) is 7.24. The molecule has 0 heterocycles. The molecule has 0 atom stereocenters. The smallest absolute Gasteiger partial charge is 0.303 e. The molecular weight excluding hydrogens is 266 g/mol. The minimum absolute atomic E-state index is 0.113. The molecule has 0 aromatic rings. The summed E-state index contributed by atoms with van der Waals surface area (Å²) in [4.78, 5) is 12.5. The van der Waals surface area contributed by atoms with Crippen LogP contribution in [0.3, 0.4) is 0 Å². The summed E-state index contributed by atoms with van der Waals surface area (Å²) in [6.07, 6.45) is 0.665. The highest BCUT2D eigenvalue weighted by atomic mass is 32.2. The zero-order chi connectivity index (χ0) is 15.3. The van der Waals surface area contributed by atoms with Gasteiger partial charge < -0.3 is 5.11 Å². The van der Waals surface area contributed by atoms with E-state index in [0.29, 0.717) is 19.5 Å². The van der Waals surface area contributed by atoms with E-state index in [2.05, 4.69) is 0 Å². The van der Waals surface area contributed by atoms with E-state index in [9.17, 15) is 13.2 Å². The van der Waals surface area contributed by atoms with Gasteiger partial charge in [0.15, 0.2) is 9.84 Å². The third-order valence-electron chi connectivity index (χ3n) is 3.15. The molecule has 0 aromatic carbocycles. The van der Waals surface area contributed by atoms with Gasteiger partial charge in [-0.15, -0.1) is 0 Å². The highest BCUT2D eigenvalue weighted by molar-refractivity contribution is 7.92. The second-order valence-electron chi connectivity index (χ2n) is 6.06. The largest absolute Gasteiger partial charge is 0.481 e. The fourth-order valence-corrected chi connectivity index (χ4v) is 2.69. The van der Waals surface area contributed by atoms with Gasteiger partial charge in [-0.3, -0.25) is 9.69 Å². The Bertz CT molecular complexity index is 382. The molecule has 114 valence electrons. The first-order valence-corrected chi connectivity index (χ1v) is 8.31. The lowest BCUT2D eigenvalue weighted by atomic mass is 10.2. The van der Waals surface area contributed by atoms with Crippen LogP contribution in [0.2, 0.25) is 0 Å². The SMILES string of the molecule is CC(C)N(CCCC(=O)O)CCS(=O)(=O)C(C)(C)C. The summed E-state index contributed by atoms with van der Waals surface area (Å²) < 4.78 is 23.3. The Kier molecular flexibility index (Phi) is 7.00. The first kappa shape index (κ1) is 18.4. The van der Waals surface area contributed by atoms with Crippen molar-refractivity contribution in [1.29, 1.82) is 0 Å². The lowest BCUT2D eigenvalue weighted by Gasteiger charge is -2.28. The minimum atomic E-state index is -3.13. The van der Waals surface area contributed by atoms with Crippen molar-refractivity contribution >= 4 is 15.8 Å². The molecule has 0 rings (SSSR count). The van der Waals surface area contributed by atoms with Crippen LogP contribution in [-0.4, -0.2) is 54.0 Å². The summed E-state index contributed by atoms with van der Waals surface area (Å²) >= 11 is 0.